The smallest absolute Gasteiger partial charge is 0.344 e. The number of ether oxygens (including phenoxy) is 5. The number of carbonyl (C=O) groups excluding carboxylic acids is 5. The van der Waals surface area contributed by atoms with E-state index in [2.05, 4.69) is 20.8 Å². The van der Waals surface area contributed by atoms with Crippen LogP contribution < -0.4 is 0 Å². The van der Waals surface area contributed by atoms with E-state index in [-0.39, 0.29) is 48.7 Å². The first-order valence-electron chi connectivity index (χ1n) is 19.2. The third-order valence-corrected chi connectivity index (χ3v) is 12.7. The summed E-state index contributed by atoms with van der Waals surface area (Å²) < 4.78 is 26.4. The molecule has 1 N–H and O–H groups in total. The Balaban J connectivity index is 1.25. The van der Waals surface area contributed by atoms with Gasteiger partial charge in [-0.25, -0.2) is 9.59 Å². The third-order valence-electron chi connectivity index (χ3n) is 12.7. The molecule has 11 heteroatoms. The Morgan fingerprint density at radius 2 is 1.27 bits per heavy atom. The molecule has 0 heterocycles. The average molecular weight is 721 g/mol. The van der Waals surface area contributed by atoms with E-state index < -0.39 is 53.8 Å². The summed E-state index contributed by atoms with van der Waals surface area (Å²) in [6.45, 7) is 16.5. The lowest BCUT2D eigenvalue weighted by atomic mass is 9.43. The zero-order valence-corrected chi connectivity index (χ0v) is 32.5. The summed E-state index contributed by atoms with van der Waals surface area (Å²) in [5.41, 5.74) is -1.47. The maximum atomic E-state index is 12.7. The van der Waals surface area contributed by atoms with Crippen LogP contribution in [0.4, 0.5) is 0 Å². The van der Waals surface area contributed by atoms with Crippen molar-refractivity contribution >= 4 is 29.8 Å². The van der Waals surface area contributed by atoms with Crippen molar-refractivity contribution in [3.63, 3.8) is 0 Å². The van der Waals surface area contributed by atoms with Gasteiger partial charge in [-0.15, -0.1) is 0 Å². The molecule has 290 valence electrons. The third kappa shape index (κ3) is 10.3. The van der Waals surface area contributed by atoms with Crippen LogP contribution >= 0.6 is 0 Å². The predicted molar refractivity (Wildman–Crippen MR) is 188 cm³/mol. The molecule has 0 aromatic heterocycles. The zero-order chi connectivity index (χ0) is 37.9. The van der Waals surface area contributed by atoms with E-state index in [4.69, 9.17) is 23.7 Å². The van der Waals surface area contributed by atoms with E-state index in [0.717, 1.165) is 51.4 Å². The number of carbonyl (C=O) groups is 5. The van der Waals surface area contributed by atoms with Gasteiger partial charge in [0.1, 0.15) is 17.3 Å². The first-order valence-corrected chi connectivity index (χ1v) is 19.2. The van der Waals surface area contributed by atoms with Gasteiger partial charge in [0.15, 0.2) is 13.2 Å². The minimum Gasteiger partial charge on any atom is -0.462 e. The number of aliphatic hydroxyl groups is 1. The van der Waals surface area contributed by atoms with Crippen LogP contribution in [-0.2, 0) is 47.7 Å². The fourth-order valence-corrected chi connectivity index (χ4v) is 10.4. The van der Waals surface area contributed by atoms with Crippen LogP contribution in [0.1, 0.15) is 139 Å². The standard InChI is InChI=1S/C40H64O11/c1-24(10-15-32(42)47-22-35(45)50-37(2,3)4)28-13-14-29-27-12-11-25-20-26(18-19-39(25,8)30(27)21-31(41)40(28,29)9)49-34(44)17-16-33(43)48-23-36(46)51-38(5,6)7/h24-31,41H,10-23H2,1-9H3. The SMILES string of the molecule is CC(CCC(=O)OCC(=O)OC(C)(C)C)C1CCC2C3CCC4CC(OC(=O)CCC(=O)OCC(=O)OC(C)(C)C)CCC4(C)C3CC(O)C12C. The van der Waals surface area contributed by atoms with Crippen LogP contribution in [0.25, 0.3) is 0 Å². The summed E-state index contributed by atoms with van der Waals surface area (Å²) in [6, 6.07) is 0. The van der Waals surface area contributed by atoms with Gasteiger partial charge >= 0.3 is 29.8 Å². The molecule has 4 aliphatic rings. The van der Waals surface area contributed by atoms with Crippen LogP contribution in [0.5, 0.6) is 0 Å². The summed E-state index contributed by atoms with van der Waals surface area (Å²) in [5.74, 6) is -0.401. The van der Waals surface area contributed by atoms with E-state index in [9.17, 15) is 29.1 Å². The number of hydrogen-bond acceptors (Lipinski definition) is 11. The Bertz CT molecular complexity index is 1280. The highest BCUT2D eigenvalue weighted by Crippen LogP contribution is 2.68. The molecule has 4 fully saturated rings. The first-order chi connectivity index (χ1) is 23.6. The molecule has 10 atom stereocenters. The van der Waals surface area contributed by atoms with Crippen molar-refractivity contribution in [1.82, 2.24) is 0 Å². The van der Waals surface area contributed by atoms with Gasteiger partial charge in [-0.05, 0) is 146 Å². The van der Waals surface area contributed by atoms with Crippen molar-refractivity contribution in [2.75, 3.05) is 13.2 Å². The summed E-state index contributed by atoms with van der Waals surface area (Å²) in [6.07, 6.45) is 7.49. The van der Waals surface area contributed by atoms with Crippen molar-refractivity contribution < 1.29 is 52.8 Å². The maximum absolute atomic E-state index is 12.7. The van der Waals surface area contributed by atoms with Crippen molar-refractivity contribution in [1.29, 1.82) is 0 Å². The highest BCUT2D eigenvalue weighted by atomic mass is 16.6. The molecule has 0 aliphatic heterocycles. The van der Waals surface area contributed by atoms with Crippen LogP contribution in [0.2, 0.25) is 0 Å². The molecule has 0 saturated heterocycles. The van der Waals surface area contributed by atoms with Crippen molar-refractivity contribution in [2.45, 2.75) is 163 Å². The van der Waals surface area contributed by atoms with Gasteiger partial charge in [-0.1, -0.05) is 20.8 Å². The fourth-order valence-electron chi connectivity index (χ4n) is 10.4. The minimum absolute atomic E-state index is 0.0567. The number of fused-ring (bicyclic) bond motifs is 5. The molecule has 0 amide bonds. The van der Waals surface area contributed by atoms with Crippen molar-refractivity contribution in [3.8, 4) is 0 Å². The van der Waals surface area contributed by atoms with Crippen LogP contribution in [-0.4, -0.2) is 71.6 Å². The molecule has 0 bridgehead atoms. The van der Waals surface area contributed by atoms with Gasteiger partial charge in [-0.2, -0.15) is 0 Å². The summed E-state index contributed by atoms with van der Waals surface area (Å²) in [4.78, 5) is 61.1. The Kier molecular flexibility index (Phi) is 13.0. The fraction of sp³-hybridized carbons (Fsp3) is 0.875. The molecule has 0 aromatic carbocycles. The molecule has 0 spiro atoms. The van der Waals surface area contributed by atoms with E-state index in [1.807, 2.05) is 0 Å². The lowest BCUT2D eigenvalue weighted by Gasteiger charge is -2.62. The topological polar surface area (TPSA) is 152 Å². The lowest BCUT2D eigenvalue weighted by Crippen LogP contribution is -2.59. The normalized spacial score (nSPS) is 33.8. The molecule has 11 nitrogen and oxygen atoms in total. The van der Waals surface area contributed by atoms with Gasteiger partial charge in [0.25, 0.3) is 0 Å². The first kappa shape index (κ1) is 41.1. The molecular formula is C40H64O11. The second-order valence-corrected chi connectivity index (χ2v) is 18.4. The van der Waals surface area contributed by atoms with Crippen LogP contribution in [0.3, 0.4) is 0 Å². The van der Waals surface area contributed by atoms with Crippen molar-refractivity contribution in [3.05, 3.63) is 0 Å². The average Bonchev–Trinajstić information content (AvgIpc) is 3.38. The molecule has 0 aromatic rings. The second kappa shape index (κ2) is 16.1. The summed E-state index contributed by atoms with van der Waals surface area (Å²) in [7, 11) is 0. The van der Waals surface area contributed by atoms with E-state index in [1.54, 1.807) is 41.5 Å². The monoisotopic (exact) mass is 720 g/mol. The molecule has 4 saturated carbocycles. The van der Waals surface area contributed by atoms with Crippen molar-refractivity contribution in [2.24, 2.45) is 46.3 Å². The summed E-state index contributed by atoms with van der Waals surface area (Å²) >= 11 is 0. The number of hydrogen-bond donors (Lipinski definition) is 1. The van der Waals surface area contributed by atoms with Gasteiger partial charge < -0.3 is 28.8 Å². The maximum Gasteiger partial charge on any atom is 0.344 e. The quantitative estimate of drug-likeness (QED) is 0.174. The largest absolute Gasteiger partial charge is 0.462 e. The zero-order valence-electron chi connectivity index (χ0n) is 32.5. The molecule has 4 aliphatic carbocycles. The van der Waals surface area contributed by atoms with Gasteiger partial charge in [0.2, 0.25) is 0 Å². The molecule has 10 unspecified atom stereocenters. The Labute approximate surface area is 304 Å². The number of esters is 5. The molecular weight excluding hydrogens is 656 g/mol. The highest BCUT2D eigenvalue weighted by Gasteiger charge is 2.64. The van der Waals surface area contributed by atoms with E-state index in [0.29, 0.717) is 36.0 Å². The van der Waals surface area contributed by atoms with Crippen LogP contribution in [0.15, 0.2) is 0 Å². The van der Waals surface area contributed by atoms with Gasteiger partial charge in [0.05, 0.1) is 18.9 Å². The van der Waals surface area contributed by atoms with E-state index in [1.165, 1.54) is 0 Å². The predicted octanol–water partition coefficient (Wildman–Crippen LogP) is 6.49. The van der Waals surface area contributed by atoms with Gasteiger partial charge in [0, 0.05) is 6.42 Å². The van der Waals surface area contributed by atoms with E-state index >= 15 is 0 Å². The lowest BCUT2D eigenvalue weighted by molar-refractivity contribution is -0.182. The number of rotatable bonds is 12. The Morgan fingerprint density at radius 3 is 1.86 bits per heavy atom. The molecule has 0 radical (unpaired) electrons. The molecule has 4 rings (SSSR count). The van der Waals surface area contributed by atoms with Gasteiger partial charge in [-0.3, -0.25) is 14.4 Å². The number of aliphatic hydroxyl groups excluding tert-OH is 1. The Hall–Kier alpha value is -2.69. The minimum atomic E-state index is -0.674. The molecule has 51 heavy (non-hydrogen) atoms. The highest BCUT2D eigenvalue weighted by molar-refractivity contribution is 5.80. The van der Waals surface area contributed by atoms with Crippen LogP contribution in [0, 0.1) is 46.3 Å². The Morgan fingerprint density at radius 1 is 0.706 bits per heavy atom. The second-order valence-electron chi connectivity index (χ2n) is 18.4. The summed E-state index contributed by atoms with van der Waals surface area (Å²) in [5, 5.41) is 11.9.